The summed E-state index contributed by atoms with van der Waals surface area (Å²) in [5, 5.41) is 18.8. The topological polar surface area (TPSA) is 177 Å². The number of carbonyl (C=O) groups is 5. The molecule has 3 N–H and O–H groups in total. The minimum atomic E-state index is -0.795. The van der Waals surface area contributed by atoms with Crippen molar-refractivity contribution >= 4 is 41.1 Å². The van der Waals surface area contributed by atoms with Gasteiger partial charge < -0.3 is 20.7 Å². The van der Waals surface area contributed by atoms with E-state index in [-0.39, 0.29) is 42.2 Å². The van der Waals surface area contributed by atoms with Gasteiger partial charge >= 0.3 is 6.09 Å². The Morgan fingerprint density at radius 1 is 0.974 bits per heavy atom. The minimum absolute atomic E-state index is 0.0115. The van der Waals surface area contributed by atoms with E-state index in [1.54, 1.807) is 45.0 Å². The van der Waals surface area contributed by atoms with Gasteiger partial charge in [0, 0.05) is 37.3 Å². The van der Waals surface area contributed by atoms with Crippen molar-refractivity contribution in [2.75, 3.05) is 18.4 Å². The number of benzene rings is 2. The Hall–Kier alpha value is -4.81. The fraction of sp³-hybridized carbons (Fsp3) is 0.320. The van der Waals surface area contributed by atoms with Gasteiger partial charge in [-0.15, -0.1) is 0 Å². The van der Waals surface area contributed by atoms with E-state index >= 15 is 0 Å². The molecule has 0 saturated heterocycles. The highest BCUT2D eigenvalue weighted by Crippen LogP contribution is 2.26. The minimum Gasteiger partial charge on any atom is -0.444 e. The number of non-ortho nitro benzene ring substituents is 1. The van der Waals surface area contributed by atoms with Gasteiger partial charge in [0.15, 0.2) is 0 Å². The number of ether oxygens (including phenoxy) is 1. The number of para-hydroxylation sites is 1. The summed E-state index contributed by atoms with van der Waals surface area (Å²) in [7, 11) is 0. The molecule has 0 aromatic heterocycles. The quantitative estimate of drug-likeness (QED) is 0.254. The third-order valence-electron chi connectivity index (χ3n) is 5.25. The van der Waals surface area contributed by atoms with Gasteiger partial charge in [-0.25, -0.2) is 4.79 Å². The van der Waals surface area contributed by atoms with Crippen molar-refractivity contribution in [3.05, 3.63) is 69.3 Å². The summed E-state index contributed by atoms with van der Waals surface area (Å²) in [5.41, 5.74) is -0.143. The van der Waals surface area contributed by atoms with Crippen molar-refractivity contribution in [2.24, 2.45) is 0 Å². The number of fused-ring (bicyclic) bond motifs is 1. The zero-order chi connectivity index (χ0) is 28.0. The molecule has 200 valence electrons. The molecule has 0 aliphatic carbocycles. The van der Waals surface area contributed by atoms with Crippen LogP contribution in [0.2, 0.25) is 0 Å². The van der Waals surface area contributed by atoms with E-state index in [0.717, 1.165) is 17.0 Å². The molecule has 0 radical (unpaired) electrons. The second-order valence-electron chi connectivity index (χ2n) is 9.34. The molecule has 1 aliphatic heterocycles. The fourth-order valence-electron chi connectivity index (χ4n) is 3.53. The number of nitro benzene ring substituents is 1. The first-order valence-corrected chi connectivity index (χ1v) is 11.6. The van der Waals surface area contributed by atoms with Crippen molar-refractivity contribution in [3.63, 3.8) is 0 Å². The second kappa shape index (κ2) is 11.5. The van der Waals surface area contributed by atoms with Crippen molar-refractivity contribution in [3.8, 4) is 0 Å². The number of nitro groups is 1. The van der Waals surface area contributed by atoms with Gasteiger partial charge in [0.25, 0.3) is 17.5 Å². The van der Waals surface area contributed by atoms with E-state index in [2.05, 4.69) is 16.0 Å². The van der Waals surface area contributed by atoms with E-state index in [4.69, 9.17) is 4.74 Å². The van der Waals surface area contributed by atoms with Crippen LogP contribution < -0.4 is 16.0 Å². The lowest BCUT2D eigenvalue weighted by Crippen LogP contribution is -2.40. The van der Waals surface area contributed by atoms with E-state index in [1.807, 2.05) is 0 Å². The number of hydrogen-bond donors (Lipinski definition) is 3. The molecule has 38 heavy (non-hydrogen) atoms. The van der Waals surface area contributed by atoms with E-state index in [1.165, 1.54) is 6.07 Å². The molecule has 2 aromatic rings. The first-order valence-electron chi connectivity index (χ1n) is 11.6. The number of alkyl carbamates (subject to hydrolysis) is 1. The summed E-state index contributed by atoms with van der Waals surface area (Å²) in [4.78, 5) is 72.7. The predicted molar refractivity (Wildman–Crippen MR) is 134 cm³/mol. The first-order chi connectivity index (χ1) is 17.9. The number of amides is 5. The van der Waals surface area contributed by atoms with Gasteiger partial charge in [-0.3, -0.25) is 34.2 Å². The normalized spacial score (nSPS) is 12.6. The Kier molecular flexibility index (Phi) is 8.40. The van der Waals surface area contributed by atoms with Gasteiger partial charge in [-0.2, -0.15) is 0 Å². The summed E-state index contributed by atoms with van der Waals surface area (Å²) in [6.45, 7) is 4.64. The maximum atomic E-state index is 12.6. The Morgan fingerprint density at radius 2 is 1.66 bits per heavy atom. The van der Waals surface area contributed by atoms with Gasteiger partial charge in [0.05, 0.1) is 16.1 Å². The van der Waals surface area contributed by atoms with Crippen LogP contribution in [0, 0.1) is 10.1 Å². The standard InChI is InChI=1S/C25H27N5O8/c1-25(2,3)38-24(35)26-11-10-20(31)28-19-7-5-4-6-15(19)13-27-21(32)14-29-22(33)17-9-8-16(30(36)37)12-18(17)23(29)34/h4-9,12H,10-11,13-14H2,1-3H3,(H,26,35)(H,27,32)(H,28,31). The van der Waals surface area contributed by atoms with Crippen LogP contribution in [0.3, 0.4) is 0 Å². The van der Waals surface area contributed by atoms with E-state index in [0.29, 0.717) is 11.3 Å². The van der Waals surface area contributed by atoms with Crippen molar-refractivity contribution in [1.82, 2.24) is 15.5 Å². The number of hydrogen-bond acceptors (Lipinski definition) is 8. The van der Waals surface area contributed by atoms with Crippen LogP contribution in [-0.2, 0) is 20.9 Å². The zero-order valence-electron chi connectivity index (χ0n) is 21.0. The fourth-order valence-corrected chi connectivity index (χ4v) is 3.53. The average Bonchev–Trinajstić information content (AvgIpc) is 3.06. The lowest BCUT2D eigenvalue weighted by molar-refractivity contribution is -0.384. The van der Waals surface area contributed by atoms with Crippen molar-refractivity contribution in [1.29, 1.82) is 0 Å². The Balaban J connectivity index is 1.53. The molecular weight excluding hydrogens is 498 g/mol. The summed E-state index contributed by atoms with van der Waals surface area (Å²) >= 11 is 0. The highest BCUT2D eigenvalue weighted by Gasteiger charge is 2.37. The van der Waals surface area contributed by atoms with Crippen LogP contribution in [0.4, 0.5) is 16.2 Å². The third-order valence-corrected chi connectivity index (χ3v) is 5.25. The predicted octanol–water partition coefficient (Wildman–Crippen LogP) is 2.36. The molecule has 0 saturated carbocycles. The zero-order valence-corrected chi connectivity index (χ0v) is 21.0. The molecule has 3 rings (SSSR count). The van der Waals surface area contributed by atoms with E-state index in [9.17, 15) is 34.1 Å². The Labute approximate surface area is 217 Å². The molecule has 13 nitrogen and oxygen atoms in total. The molecule has 0 bridgehead atoms. The molecule has 0 spiro atoms. The summed E-state index contributed by atoms with van der Waals surface area (Å²) in [5.74, 6) is -2.53. The molecular formula is C25H27N5O8. The summed E-state index contributed by atoms with van der Waals surface area (Å²) in [6.07, 6.45) is -0.651. The third kappa shape index (κ3) is 7.12. The molecule has 0 atom stereocenters. The number of rotatable bonds is 9. The Bertz CT molecular complexity index is 1300. The van der Waals surface area contributed by atoms with Gasteiger partial charge in [-0.05, 0) is 38.5 Å². The van der Waals surface area contributed by atoms with Gasteiger partial charge in [-0.1, -0.05) is 18.2 Å². The smallest absolute Gasteiger partial charge is 0.407 e. The van der Waals surface area contributed by atoms with Crippen LogP contribution in [0.5, 0.6) is 0 Å². The number of anilines is 1. The summed E-state index contributed by atoms with van der Waals surface area (Å²) < 4.78 is 5.11. The van der Waals surface area contributed by atoms with Gasteiger partial charge in [0.1, 0.15) is 12.1 Å². The molecule has 2 aromatic carbocycles. The number of carbonyl (C=O) groups excluding carboxylic acids is 5. The average molecular weight is 526 g/mol. The first kappa shape index (κ1) is 27.8. The molecule has 1 heterocycles. The molecule has 1 aliphatic rings. The number of nitrogens with zero attached hydrogens (tertiary/aromatic N) is 2. The van der Waals surface area contributed by atoms with Crippen LogP contribution in [0.15, 0.2) is 42.5 Å². The highest BCUT2D eigenvalue weighted by atomic mass is 16.6. The van der Waals surface area contributed by atoms with Crippen LogP contribution in [-0.4, -0.2) is 58.2 Å². The highest BCUT2D eigenvalue weighted by molar-refractivity contribution is 6.22. The van der Waals surface area contributed by atoms with Crippen LogP contribution >= 0.6 is 0 Å². The lowest BCUT2D eigenvalue weighted by atomic mass is 10.1. The van der Waals surface area contributed by atoms with E-state index < -0.39 is 40.9 Å². The SMILES string of the molecule is CC(C)(C)OC(=O)NCCC(=O)Nc1ccccc1CNC(=O)CN1C(=O)c2ccc([N+](=O)[O-])cc2C1=O. The van der Waals surface area contributed by atoms with Crippen molar-refractivity contribution in [2.45, 2.75) is 39.3 Å². The summed E-state index contributed by atoms with van der Waals surface area (Å²) in [6, 6.07) is 10.0. The number of nitrogens with one attached hydrogen (secondary N) is 3. The maximum absolute atomic E-state index is 12.6. The molecule has 5 amide bonds. The van der Waals surface area contributed by atoms with Crippen molar-refractivity contribution < 1.29 is 33.6 Å². The van der Waals surface area contributed by atoms with Crippen LogP contribution in [0.1, 0.15) is 53.5 Å². The molecule has 13 heteroatoms. The maximum Gasteiger partial charge on any atom is 0.407 e. The lowest BCUT2D eigenvalue weighted by Gasteiger charge is -2.19. The molecule has 0 unspecified atom stereocenters. The monoisotopic (exact) mass is 525 g/mol. The van der Waals surface area contributed by atoms with Gasteiger partial charge in [0.2, 0.25) is 11.8 Å². The Morgan fingerprint density at radius 3 is 2.34 bits per heavy atom. The van der Waals surface area contributed by atoms with Crippen LogP contribution in [0.25, 0.3) is 0 Å². The number of imide groups is 1. The second-order valence-corrected chi connectivity index (χ2v) is 9.34. The largest absolute Gasteiger partial charge is 0.444 e. The molecule has 0 fully saturated rings.